The van der Waals surface area contributed by atoms with E-state index >= 15 is 0 Å². The second-order valence-corrected chi connectivity index (χ2v) is 12.5. The zero-order chi connectivity index (χ0) is 38.5. The Morgan fingerprint density at radius 3 is 1.35 bits per heavy atom. The van der Waals surface area contributed by atoms with E-state index in [-0.39, 0.29) is 62.5 Å². The van der Waals surface area contributed by atoms with Crippen molar-refractivity contribution in [3.63, 3.8) is 0 Å². The van der Waals surface area contributed by atoms with Crippen molar-refractivity contribution in [1.82, 2.24) is 0 Å². The fraction of sp³-hybridized carbons (Fsp3) is 0.405. The molecule has 0 amide bonds. The minimum absolute atomic E-state index is 0.0575. The molecule has 1 aliphatic rings. The van der Waals surface area contributed by atoms with E-state index in [1.807, 2.05) is 0 Å². The predicted octanol–water partition coefficient (Wildman–Crippen LogP) is 7.45. The summed E-state index contributed by atoms with van der Waals surface area (Å²) in [7, 11) is 0. The fourth-order valence-corrected chi connectivity index (χ4v) is 5.25. The smallest absolute Gasteiger partial charge is 0.338 e. The third-order valence-corrected chi connectivity index (χ3v) is 8.36. The van der Waals surface area contributed by atoms with Gasteiger partial charge in [-0.05, 0) is 45.5 Å². The summed E-state index contributed by atoms with van der Waals surface area (Å²) < 4.78 is 92.3. The predicted molar refractivity (Wildman–Crippen MR) is 196 cm³/mol. The number of esters is 1. The number of hydrogen-bond acceptors (Lipinski definition) is 10. The lowest BCUT2D eigenvalue weighted by Crippen LogP contribution is -2.29. The van der Waals surface area contributed by atoms with Crippen molar-refractivity contribution in [2.45, 2.75) is 45.9 Å². The first-order valence-electron chi connectivity index (χ1n) is 18.1. The molecule has 1 atom stereocenters. The quantitative estimate of drug-likeness (QED) is 0.113. The van der Waals surface area contributed by atoms with Gasteiger partial charge in [0.05, 0.1) is 65.0 Å². The van der Waals surface area contributed by atoms with Gasteiger partial charge in [-0.1, -0.05) is 72.8 Å². The lowest BCUT2D eigenvalue weighted by Gasteiger charge is -2.20. The van der Waals surface area contributed by atoms with Crippen LogP contribution in [0.3, 0.4) is 0 Å². The molecule has 1 fully saturated rings. The largest absolute Gasteiger partial charge is 0.485 e. The molecule has 0 aliphatic carbocycles. The molecular weight excluding hydrogens is 721 g/mol. The van der Waals surface area contributed by atoms with Gasteiger partial charge in [-0.25, -0.2) is 18.0 Å². The van der Waals surface area contributed by atoms with Crippen molar-refractivity contribution in [2.75, 3.05) is 66.1 Å². The molecule has 5 rings (SSSR count). The van der Waals surface area contributed by atoms with Crippen LogP contribution in [0.4, 0.5) is 13.2 Å². The number of rotatable bonds is 15. The molecule has 10 nitrogen and oxygen atoms in total. The molecule has 13 heteroatoms. The van der Waals surface area contributed by atoms with Crippen molar-refractivity contribution in [3.05, 3.63) is 124 Å². The van der Waals surface area contributed by atoms with E-state index in [0.717, 1.165) is 16.7 Å². The van der Waals surface area contributed by atoms with Crippen LogP contribution < -0.4 is 14.2 Å². The van der Waals surface area contributed by atoms with Crippen LogP contribution in [0.5, 0.6) is 17.2 Å². The van der Waals surface area contributed by atoms with Crippen LogP contribution in [0.15, 0.2) is 84.9 Å². The van der Waals surface area contributed by atoms with Gasteiger partial charge < -0.3 is 42.6 Å². The van der Waals surface area contributed by atoms with Crippen LogP contribution in [-0.4, -0.2) is 78.1 Å². The number of carbonyl (C=O) groups is 1. The summed E-state index contributed by atoms with van der Waals surface area (Å²) in [5, 5.41) is 0. The number of benzene rings is 4. The standard InChI is InChI=1S/C42H47F3O10/c43-23-31-1-7-34(8-2-31)26-52-39-21-37(42(46)55-30-38-29-50-18-17-48-14-13-47-15-16-49-19-20-51-38)22-40(53-27-35-9-3-32(24-44)4-10-35)41(39)54-28-36-11-5-33(25-45)6-12-36/h1-12,21-22,38H,13-20,23-30H2. The highest BCUT2D eigenvalue weighted by Crippen LogP contribution is 2.41. The Kier molecular flexibility index (Phi) is 17.6. The van der Waals surface area contributed by atoms with Crippen LogP contribution in [0, 0.1) is 0 Å². The van der Waals surface area contributed by atoms with Crippen LogP contribution in [0.1, 0.15) is 43.7 Å². The highest BCUT2D eigenvalue weighted by Gasteiger charge is 2.22. The minimum Gasteiger partial charge on any atom is -0.485 e. The van der Waals surface area contributed by atoms with Gasteiger partial charge in [0.15, 0.2) is 11.5 Å². The Labute approximate surface area is 319 Å². The van der Waals surface area contributed by atoms with Crippen LogP contribution in [0.25, 0.3) is 0 Å². The average Bonchev–Trinajstić information content (AvgIpc) is 3.24. The number of ether oxygens (including phenoxy) is 9. The highest BCUT2D eigenvalue weighted by atomic mass is 19.1. The van der Waals surface area contributed by atoms with Gasteiger partial charge in [0.25, 0.3) is 0 Å². The first-order valence-corrected chi connectivity index (χ1v) is 18.1. The monoisotopic (exact) mass is 768 g/mol. The summed E-state index contributed by atoms with van der Waals surface area (Å²) in [4.78, 5) is 13.7. The molecule has 4 aromatic carbocycles. The molecule has 296 valence electrons. The Bertz CT molecular complexity index is 1620. The van der Waals surface area contributed by atoms with Crippen molar-refractivity contribution < 1.29 is 60.6 Å². The molecular formula is C42H47F3O10. The summed E-state index contributed by atoms with van der Waals surface area (Å²) in [6.07, 6.45) is -0.591. The summed E-state index contributed by atoms with van der Waals surface area (Å²) in [5.74, 6) is -0.111. The first kappa shape index (κ1) is 41.5. The van der Waals surface area contributed by atoms with Crippen LogP contribution in [0.2, 0.25) is 0 Å². The molecule has 0 bridgehead atoms. The lowest BCUT2D eigenvalue weighted by molar-refractivity contribution is -0.0689. The summed E-state index contributed by atoms with van der Waals surface area (Å²) in [6.45, 7) is 1.43. The second-order valence-electron chi connectivity index (χ2n) is 12.5. The third-order valence-electron chi connectivity index (χ3n) is 8.36. The van der Waals surface area contributed by atoms with Gasteiger partial charge in [-0.3, -0.25) is 0 Å². The average molecular weight is 769 g/mol. The first-order chi connectivity index (χ1) is 27.0. The summed E-state index contributed by atoms with van der Waals surface area (Å²) >= 11 is 0. The molecule has 0 saturated carbocycles. The SMILES string of the molecule is O=C(OCC1COCCOCCOCCOCCO1)c1cc(OCc2ccc(CF)cc2)c(OCc2ccc(CF)cc2)c(OCc2ccc(CF)cc2)c1. The fourth-order valence-electron chi connectivity index (χ4n) is 5.25. The van der Waals surface area contributed by atoms with E-state index in [1.165, 1.54) is 12.1 Å². The Morgan fingerprint density at radius 2 is 0.909 bits per heavy atom. The second kappa shape index (κ2) is 23.3. The number of hydrogen-bond donors (Lipinski definition) is 0. The molecule has 0 spiro atoms. The molecule has 1 saturated heterocycles. The van der Waals surface area contributed by atoms with Crippen LogP contribution >= 0.6 is 0 Å². The Morgan fingerprint density at radius 1 is 0.527 bits per heavy atom. The molecule has 1 aliphatic heterocycles. The highest BCUT2D eigenvalue weighted by molar-refractivity contribution is 5.91. The van der Waals surface area contributed by atoms with E-state index in [0.29, 0.717) is 62.9 Å². The molecule has 0 aromatic heterocycles. The van der Waals surface area contributed by atoms with E-state index in [2.05, 4.69) is 0 Å². The molecule has 0 radical (unpaired) electrons. The summed E-state index contributed by atoms with van der Waals surface area (Å²) in [6, 6.07) is 23.5. The maximum Gasteiger partial charge on any atom is 0.338 e. The third kappa shape index (κ3) is 14.2. The molecule has 1 unspecified atom stereocenters. The topological polar surface area (TPSA) is 100 Å². The number of alkyl halides is 3. The van der Waals surface area contributed by atoms with E-state index in [9.17, 15) is 18.0 Å². The number of carbonyl (C=O) groups excluding carboxylic acids is 1. The normalized spacial score (nSPS) is 16.0. The van der Waals surface area contributed by atoms with Gasteiger partial charge in [0.2, 0.25) is 5.75 Å². The van der Waals surface area contributed by atoms with Crippen molar-refractivity contribution in [3.8, 4) is 17.2 Å². The van der Waals surface area contributed by atoms with Crippen LogP contribution in [-0.2, 0) is 68.3 Å². The van der Waals surface area contributed by atoms with Crippen molar-refractivity contribution in [2.24, 2.45) is 0 Å². The maximum atomic E-state index is 13.7. The zero-order valence-corrected chi connectivity index (χ0v) is 30.7. The van der Waals surface area contributed by atoms with Gasteiger partial charge in [-0.15, -0.1) is 0 Å². The van der Waals surface area contributed by atoms with Gasteiger partial charge in [-0.2, -0.15) is 0 Å². The molecule has 55 heavy (non-hydrogen) atoms. The van der Waals surface area contributed by atoms with Crippen molar-refractivity contribution in [1.29, 1.82) is 0 Å². The van der Waals surface area contributed by atoms with Gasteiger partial charge >= 0.3 is 5.97 Å². The molecule has 4 aromatic rings. The number of halogens is 3. The molecule has 1 heterocycles. The maximum absolute atomic E-state index is 13.7. The van der Waals surface area contributed by atoms with Gasteiger partial charge in [0, 0.05) is 0 Å². The molecule has 0 N–H and O–H groups in total. The Hall–Kier alpha value is -4.66. The minimum atomic E-state index is -0.682. The lowest BCUT2D eigenvalue weighted by atomic mass is 10.1. The van der Waals surface area contributed by atoms with E-state index in [1.54, 1.807) is 72.8 Å². The summed E-state index contributed by atoms with van der Waals surface area (Å²) in [5.41, 5.74) is 3.95. The van der Waals surface area contributed by atoms with Crippen molar-refractivity contribution >= 4 is 5.97 Å². The van der Waals surface area contributed by atoms with Gasteiger partial charge in [0.1, 0.15) is 52.6 Å². The van der Waals surface area contributed by atoms with E-state index < -0.39 is 32.1 Å². The van der Waals surface area contributed by atoms with E-state index in [4.69, 9.17) is 42.6 Å². The Balaban J connectivity index is 1.39. The zero-order valence-electron chi connectivity index (χ0n) is 30.7.